The van der Waals surface area contributed by atoms with Crippen molar-refractivity contribution in [1.29, 1.82) is 0 Å². The molecule has 2 nitrogen and oxygen atoms in total. The molecule has 0 radical (unpaired) electrons. The van der Waals surface area contributed by atoms with E-state index in [4.69, 9.17) is 0 Å². The monoisotopic (exact) mass is 200 g/mol. The fourth-order valence-corrected chi connectivity index (χ4v) is 2.52. The van der Waals surface area contributed by atoms with Crippen LogP contribution in [0.25, 0.3) is 10.9 Å². The van der Waals surface area contributed by atoms with Crippen LogP contribution in [0.4, 0.5) is 5.82 Å². The number of para-hydroxylation sites is 1. The Morgan fingerprint density at radius 2 is 1.80 bits per heavy atom. The van der Waals surface area contributed by atoms with Gasteiger partial charge < -0.3 is 9.47 Å². The predicted octanol–water partition coefficient (Wildman–Crippen LogP) is 2.78. The minimum absolute atomic E-state index is 1.21. The summed E-state index contributed by atoms with van der Waals surface area (Å²) in [5.74, 6) is 1.37. The molecule has 0 aliphatic carbocycles. The van der Waals surface area contributed by atoms with E-state index in [-0.39, 0.29) is 0 Å². The lowest BCUT2D eigenvalue weighted by molar-refractivity contribution is 0.861. The first-order valence-corrected chi connectivity index (χ1v) is 5.66. The summed E-state index contributed by atoms with van der Waals surface area (Å²) < 4.78 is 2.31. The first-order chi connectivity index (χ1) is 7.36. The molecule has 0 atom stereocenters. The summed E-state index contributed by atoms with van der Waals surface area (Å²) >= 11 is 0. The summed E-state index contributed by atoms with van der Waals surface area (Å²) in [7, 11) is 2.16. The summed E-state index contributed by atoms with van der Waals surface area (Å²) in [6.07, 6.45) is 2.67. The quantitative estimate of drug-likeness (QED) is 0.687. The van der Waals surface area contributed by atoms with Crippen molar-refractivity contribution in [3.63, 3.8) is 0 Å². The molecule has 1 saturated heterocycles. The van der Waals surface area contributed by atoms with Gasteiger partial charge in [0.25, 0.3) is 0 Å². The number of fused-ring (bicyclic) bond motifs is 1. The van der Waals surface area contributed by atoms with Gasteiger partial charge in [-0.25, -0.2) is 0 Å². The average molecular weight is 200 g/mol. The van der Waals surface area contributed by atoms with Crippen LogP contribution >= 0.6 is 0 Å². The van der Waals surface area contributed by atoms with Gasteiger partial charge in [-0.1, -0.05) is 18.2 Å². The smallest absolute Gasteiger partial charge is 0.109 e. The molecule has 3 rings (SSSR count). The zero-order valence-corrected chi connectivity index (χ0v) is 9.11. The van der Waals surface area contributed by atoms with Crippen molar-refractivity contribution in [1.82, 2.24) is 4.57 Å². The molecule has 2 heterocycles. The molecule has 1 fully saturated rings. The van der Waals surface area contributed by atoms with Gasteiger partial charge in [0.1, 0.15) is 5.82 Å². The van der Waals surface area contributed by atoms with Crippen molar-refractivity contribution in [2.45, 2.75) is 12.8 Å². The highest BCUT2D eigenvalue weighted by Gasteiger charge is 2.16. The second-order valence-corrected chi connectivity index (χ2v) is 4.31. The lowest BCUT2D eigenvalue weighted by Crippen LogP contribution is -2.20. The minimum Gasteiger partial charge on any atom is -0.358 e. The van der Waals surface area contributed by atoms with Gasteiger partial charge >= 0.3 is 0 Å². The van der Waals surface area contributed by atoms with E-state index in [9.17, 15) is 0 Å². The molecule has 2 aromatic rings. The second-order valence-electron chi connectivity index (χ2n) is 4.31. The van der Waals surface area contributed by atoms with Crippen LogP contribution in [-0.2, 0) is 7.05 Å². The summed E-state index contributed by atoms with van der Waals surface area (Å²) in [6.45, 7) is 2.42. The Morgan fingerprint density at radius 1 is 1.07 bits per heavy atom. The third-order valence-corrected chi connectivity index (χ3v) is 3.36. The zero-order valence-electron chi connectivity index (χ0n) is 9.11. The molecule has 0 unspecified atom stereocenters. The lowest BCUT2D eigenvalue weighted by atomic mass is 10.2. The molecule has 0 spiro atoms. The third kappa shape index (κ3) is 1.32. The van der Waals surface area contributed by atoms with E-state index in [0.717, 1.165) is 0 Å². The maximum Gasteiger partial charge on any atom is 0.109 e. The SMILES string of the molecule is Cn1c(N2CCCC2)cc2ccccc21. The topological polar surface area (TPSA) is 8.17 Å². The fourth-order valence-electron chi connectivity index (χ4n) is 2.52. The Balaban J connectivity index is 2.14. The maximum atomic E-state index is 2.49. The molecule has 0 saturated carbocycles. The molecule has 1 aliphatic rings. The van der Waals surface area contributed by atoms with Crippen LogP contribution in [0.3, 0.4) is 0 Å². The van der Waals surface area contributed by atoms with Crippen LogP contribution in [0, 0.1) is 0 Å². The van der Waals surface area contributed by atoms with Crippen LogP contribution in [-0.4, -0.2) is 17.7 Å². The fraction of sp³-hybridized carbons (Fsp3) is 0.385. The number of hydrogen-bond donors (Lipinski definition) is 0. The Labute approximate surface area is 90.1 Å². The van der Waals surface area contributed by atoms with E-state index in [1.807, 2.05) is 0 Å². The van der Waals surface area contributed by atoms with Crippen molar-refractivity contribution in [3.05, 3.63) is 30.3 Å². The van der Waals surface area contributed by atoms with E-state index >= 15 is 0 Å². The highest BCUT2D eigenvalue weighted by Crippen LogP contribution is 2.27. The minimum atomic E-state index is 1.21. The average Bonchev–Trinajstić information content (AvgIpc) is 2.87. The van der Waals surface area contributed by atoms with Crippen LogP contribution < -0.4 is 4.90 Å². The molecule has 78 valence electrons. The summed E-state index contributed by atoms with van der Waals surface area (Å²) in [6, 6.07) is 10.9. The zero-order chi connectivity index (χ0) is 10.3. The molecule has 0 bridgehead atoms. The Hall–Kier alpha value is -1.44. The molecule has 0 amide bonds. The molecular weight excluding hydrogens is 184 g/mol. The largest absolute Gasteiger partial charge is 0.358 e. The van der Waals surface area contributed by atoms with Gasteiger partial charge in [0.2, 0.25) is 0 Å². The van der Waals surface area contributed by atoms with E-state index in [1.165, 1.54) is 42.7 Å². The number of rotatable bonds is 1. The molecule has 0 N–H and O–H groups in total. The van der Waals surface area contributed by atoms with E-state index in [1.54, 1.807) is 0 Å². The number of benzene rings is 1. The van der Waals surface area contributed by atoms with Gasteiger partial charge in [-0.3, -0.25) is 0 Å². The third-order valence-electron chi connectivity index (χ3n) is 3.36. The molecule has 1 aromatic heterocycles. The molecule has 2 heteroatoms. The summed E-state index contributed by atoms with van der Waals surface area (Å²) in [4.78, 5) is 2.49. The highest BCUT2D eigenvalue weighted by atomic mass is 15.2. The van der Waals surface area contributed by atoms with E-state index in [0.29, 0.717) is 0 Å². The Morgan fingerprint density at radius 3 is 2.53 bits per heavy atom. The Kier molecular flexibility index (Phi) is 1.94. The van der Waals surface area contributed by atoms with Gasteiger partial charge in [0, 0.05) is 31.0 Å². The molecule has 15 heavy (non-hydrogen) atoms. The number of aromatic nitrogens is 1. The van der Waals surface area contributed by atoms with Crippen molar-refractivity contribution >= 4 is 16.7 Å². The van der Waals surface area contributed by atoms with Crippen LogP contribution in [0.5, 0.6) is 0 Å². The van der Waals surface area contributed by atoms with Gasteiger partial charge in [-0.2, -0.15) is 0 Å². The van der Waals surface area contributed by atoms with Crippen LogP contribution in [0.2, 0.25) is 0 Å². The van der Waals surface area contributed by atoms with Gasteiger partial charge in [0.05, 0.1) is 0 Å². The Bertz CT molecular complexity index is 478. The number of nitrogens with zero attached hydrogens (tertiary/aromatic N) is 2. The van der Waals surface area contributed by atoms with Crippen LogP contribution in [0.15, 0.2) is 30.3 Å². The molecular formula is C13H16N2. The van der Waals surface area contributed by atoms with Crippen LogP contribution in [0.1, 0.15) is 12.8 Å². The van der Waals surface area contributed by atoms with Crippen molar-refractivity contribution in [2.24, 2.45) is 7.05 Å². The predicted molar refractivity (Wildman–Crippen MR) is 64.4 cm³/mol. The van der Waals surface area contributed by atoms with Crippen molar-refractivity contribution < 1.29 is 0 Å². The normalized spacial score (nSPS) is 16.5. The maximum absolute atomic E-state index is 2.49. The van der Waals surface area contributed by atoms with Gasteiger partial charge in [-0.05, 0) is 25.0 Å². The van der Waals surface area contributed by atoms with E-state index < -0.39 is 0 Å². The van der Waals surface area contributed by atoms with Crippen molar-refractivity contribution in [2.75, 3.05) is 18.0 Å². The summed E-state index contributed by atoms with van der Waals surface area (Å²) in [5, 5.41) is 1.35. The lowest BCUT2D eigenvalue weighted by Gasteiger charge is -2.18. The molecule has 1 aromatic carbocycles. The first-order valence-electron chi connectivity index (χ1n) is 5.66. The number of hydrogen-bond acceptors (Lipinski definition) is 1. The first kappa shape index (κ1) is 8.84. The highest BCUT2D eigenvalue weighted by molar-refractivity contribution is 5.85. The standard InChI is InChI=1S/C13H16N2/c1-14-12-7-3-2-6-11(12)10-13(14)15-8-4-5-9-15/h2-3,6-7,10H,4-5,8-9H2,1H3. The number of anilines is 1. The van der Waals surface area contributed by atoms with Gasteiger partial charge in [0.15, 0.2) is 0 Å². The number of aryl methyl sites for hydroxylation is 1. The molecule has 1 aliphatic heterocycles. The summed E-state index contributed by atoms with van der Waals surface area (Å²) in [5.41, 5.74) is 1.33. The van der Waals surface area contributed by atoms with Crippen molar-refractivity contribution in [3.8, 4) is 0 Å². The second kappa shape index (κ2) is 3.30. The van der Waals surface area contributed by atoms with Gasteiger partial charge in [-0.15, -0.1) is 0 Å². The van der Waals surface area contributed by atoms with E-state index in [2.05, 4.69) is 46.8 Å².